The molecule has 1 unspecified atom stereocenters. The van der Waals surface area contributed by atoms with Gasteiger partial charge in [0, 0.05) is 6.54 Å². The molecule has 1 aromatic rings. The van der Waals surface area contributed by atoms with Crippen LogP contribution in [0.2, 0.25) is 5.02 Å². The smallest absolute Gasteiger partial charge is 0.141 e. The zero-order valence-corrected chi connectivity index (χ0v) is 8.31. The van der Waals surface area contributed by atoms with Crippen LogP contribution in [-0.2, 0) is 5.60 Å². The normalized spacial score (nSPS) is 26.8. The SMILES string of the molecule is OC1(c2ccc(F)c(Cl)c2)CCNC1. The molecule has 76 valence electrons. The lowest BCUT2D eigenvalue weighted by Gasteiger charge is -2.21. The second-order valence-electron chi connectivity index (χ2n) is 3.59. The lowest BCUT2D eigenvalue weighted by atomic mass is 9.93. The van der Waals surface area contributed by atoms with Gasteiger partial charge in [-0.05, 0) is 30.7 Å². The first-order valence-electron chi connectivity index (χ1n) is 4.50. The maximum Gasteiger partial charge on any atom is 0.141 e. The molecule has 0 saturated carbocycles. The molecule has 4 heteroatoms. The van der Waals surface area contributed by atoms with Gasteiger partial charge in [0.1, 0.15) is 11.4 Å². The molecule has 0 amide bonds. The zero-order valence-electron chi connectivity index (χ0n) is 7.56. The molecule has 2 N–H and O–H groups in total. The van der Waals surface area contributed by atoms with Crippen molar-refractivity contribution in [3.63, 3.8) is 0 Å². The molecule has 0 bridgehead atoms. The third-order valence-corrected chi connectivity index (χ3v) is 2.88. The third kappa shape index (κ3) is 1.63. The van der Waals surface area contributed by atoms with Crippen molar-refractivity contribution < 1.29 is 9.50 Å². The molecular formula is C10H11ClFNO. The van der Waals surface area contributed by atoms with E-state index in [2.05, 4.69) is 5.32 Å². The number of aliphatic hydroxyl groups is 1. The maximum absolute atomic E-state index is 12.9. The number of rotatable bonds is 1. The van der Waals surface area contributed by atoms with Gasteiger partial charge in [0.2, 0.25) is 0 Å². The molecule has 2 nitrogen and oxygen atoms in total. The molecule has 1 aliphatic heterocycles. The van der Waals surface area contributed by atoms with Crippen molar-refractivity contribution in [2.45, 2.75) is 12.0 Å². The fourth-order valence-electron chi connectivity index (χ4n) is 1.71. The molecule has 1 atom stereocenters. The summed E-state index contributed by atoms with van der Waals surface area (Å²) in [6, 6.07) is 4.35. The predicted octanol–water partition coefficient (Wildman–Crippen LogP) is 1.66. The van der Waals surface area contributed by atoms with E-state index < -0.39 is 11.4 Å². The Hall–Kier alpha value is -0.640. The minimum absolute atomic E-state index is 0.0582. The number of nitrogens with one attached hydrogen (secondary N) is 1. The van der Waals surface area contributed by atoms with E-state index in [1.54, 1.807) is 6.07 Å². The van der Waals surface area contributed by atoms with E-state index in [0.29, 0.717) is 18.5 Å². The van der Waals surface area contributed by atoms with Gasteiger partial charge >= 0.3 is 0 Å². The van der Waals surface area contributed by atoms with Gasteiger partial charge in [-0.3, -0.25) is 0 Å². The number of hydrogen-bond donors (Lipinski definition) is 2. The highest BCUT2D eigenvalue weighted by atomic mass is 35.5. The summed E-state index contributed by atoms with van der Waals surface area (Å²) in [5.41, 5.74) is -0.217. The summed E-state index contributed by atoms with van der Waals surface area (Å²) in [5, 5.41) is 13.3. The van der Waals surface area contributed by atoms with Gasteiger partial charge < -0.3 is 10.4 Å². The summed E-state index contributed by atoms with van der Waals surface area (Å²) >= 11 is 5.65. The van der Waals surface area contributed by atoms with Crippen LogP contribution in [0.1, 0.15) is 12.0 Å². The Morgan fingerprint density at radius 2 is 2.29 bits per heavy atom. The Morgan fingerprint density at radius 1 is 1.50 bits per heavy atom. The number of hydrogen-bond acceptors (Lipinski definition) is 2. The predicted molar refractivity (Wildman–Crippen MR) is 52.8 cm³/mol. The van der Waals surface area contributed by atoms with E-state index in [9.17, 15) is 9.50 Å². The summed E-state index contributed by atoms with van der Waals surface area (Å²) in [5.74, 6) is -0.454. The molecule has 2 rings (SSSR count). The van der Waals surface area contributed by atoms with Crippen LogP contribution in [-0.4, -0.2) is 18.2 Å². The topological polar surface area (TPSA) is 32.3 Å². The fraction of sp³-hybridized carbons (Fsp3) is 0.400. The molecule has 1 saturated heterocycles. The van der Waals surface area contributed by atoms with Gasteiger partial charge in [0.15, 0.2) is 0 Å². The number of β-amino-alcohol motifs (C(OH)–C–C–N with tert-alkyl or cyclic N) is 1. The van der Waals surface area contributed by atoms with Gasteiger partial charge in [-0.1, -0.05) is 17.7 Å². The van der Waals surface area contributed by atoms with Crippen molar-refractivity contribution in [2.75, 3.05) is 13.1 Å². The van der Waals surface area contributed by atoms with Crippen molar-refractivity contribution in [2.24, 2.45) is 0 Å². The Bertz CT molecular complexity index is 350. The molecule has 0 radical (unpaired) electrons. The first kappa shape index (κ1) is 9.90. The van der Waals surface area contributed by atoms with Crippen molar-refractivity contribution in [3.05, 3.63) is 34.6 Å². The van der Waals surface area contributed by atoms with Crippen LogP contribution in [0.4, 0.5) is 4.39 Å². The van der Waals surface area contributed by atoms with Crippen LogP contribution in [0, 0.1) is 5.82 Å². The molecule has 1 heterocycles. The second-order valence-corrected chi connectivity index (χ2v) is 3.99. The molecule has 1 fully saturated rings. The second kappa shape index (κ2) is 3.50. The Morgan fingerprint density at radius 3 is 2.86 bits per heavy atom. The molecule has 14 heavy (non-hydrogen) atoms. The zero-order chi connectivity index (χ0) is 10.2. The van der Waals surface area contributed by atoms with E-state index in [1.165, 1.54) is 12.1 Å². The molecule has 1 aromatic carbocycles. The minimum atomic E-state index is -0.892. The average Bonchev–Trinajstić information content (AvgIpc) is 2.58. The van der Waals surface area contributed by atoms with E-state index >= 15 is 0 Å². The molecule has 0 aliphatic carbocycles. The van der Waals surface area contributed by atoms with Gasteiger partial charge in [-0.25, -0.2) is 4.39 Å². The van der Waals surface area contributed by atoms with Crippen LogP contribution in [0.15, 0.2) is 18.2 Å². The van der Waals surface area contributed by atoms with Gasteiger partial charge in [-0.15, -0.1) is 0 Å². The number of benzene rings is 1. The lowest BCUT2D eigenvalue weighted by Crippen LogP contribution is -2.28. The van der Waals surface area contributed by atoms with Gasteiger partial charge in [0.05, 0.1) is 5.02 Å². The standard InChI is InChI=1S/C10H11ClFNO/c11-8-5-7(1-2-9(8)12)10(14)3-4-13-6-10/h1-2,5,13-14H,3-4,6H2. The molecule has 0 aromatic heterocycles. The first-order valence-corrected chi connectivity index (χ1v) is 4.88. The van der Waals surface area contributed by atoms with E-state index in [-0.39, 0.29) is 5.02 Å². The highest BCUT2D eigenvalue weighted by Crippen LogP contribution is 2.30. The minimum Gasteiger partial charge on any atom is -0.384 e. The number of halogens is 2. The quantitative estimate of drug-likeness (QED) is 0.747. The fourth-order valence-corrected chi connectivity index (χ4v) is 1.89. The highest BCUT2D eigenvalue weighted by molar-refractivity contribution is 6.30. The summed E-state index contributed by atoms with van der Waals surface area (Å²) in [7, 11) is 0. The maximum atomic E-state index is 12.9. The Labute approximate surface area is 86.7 Å². The van der Waals surface area contributed by atoms with Crippen molar-refractivity contribution >= 4 is 11.6 Å². The summed E-state index contributed by atoms with van der Waals surface area (Å²) in [4.78, 5) is 0. The molecular weight excluding hydrogens is 205 g/mol. The van der Waals surface area contributed by atoms with Crippen molar-refractivity contribution in [1.29, 1.82) is 0 Å². The van der Waals surface area contributed by atoms with Crippen LogP contribution in [0.3, 0.4) is 0 Å². The first-order chi connectivity index (χ1) is 6.62. The molecule has 0 spiro atoms. The summed E-state index contributed by atoms with van der Waals surface area (Å²) in [6.45, 7) is 1.26. The van der Waals surface area contributed by atoms with E-state index in [1.807, 2.05) is 0 Å². The summed E-state index contributed by atoms with van der Waals surface area (Å²) in [6.07, 6.45) is 0.634. The Kier molecular flexibility index (Phi) is 2.47. The Balaban J connectivity index is 2.36. The van der Waals surface area contributed by atoms with Crippen LogP contribution in [0.5, 0.6) is 0 Å². The lowest BCUT2D eigenvalue weighted by molar-refractivity contribution is 0.0587. The van der Waals surface area contributed by atoms with Gasteiger partial charge in [0.25, 0.3) is 0 Å². The molecule has 1 aliphatic rings. The van der Waals surface area contributed by atoms with Crippen molar-refractivity contribution in [3.8, 4) is 0 Å². The van der Waals surface area contributed by atoms with Crippen LogP contribution >= 0.6 is 11.6 Å². The van der Waals surface area contributed by atoms with Crippen molar-refractivity contribution in [1.82, 2.24) is 5.32 Å². The van der Waals surface area contributed by atoms with Gasteiger partial charge in [-0.2, -0.15) is 0 Å². The average molecular weight is 216 g/mol. The van der Waals surface area contributed by atoms with Crippen LogP contribution < -0.4 is 5.32 Å². The van der Waals surface area contributed by atoms with E-state index in [4.69, 9.17) is 11.6 Å². The monoisotopic (exact) mass is 215 g/mol. The highest BCUT2D eigenvalue weighted by Gasteiger charge is 2.33. The summed E-state index contributed by atoms with van der Waals surface area (Å²) < 4.78 is 12.9. The van der Waals surface area contributed by atoms with Crippen LogP contribution in [0.25, 0.3) is 0 Å². The largest absolute Gasteiger partial charge is 0.384 e. The third-order valence-electron chi connectivity index (χ3n) is 2.59. The van der Waals surface area contributed by atoms with E-state index in [0.717, 1.165) is 6.54 Å².